The second-order valence-electron chi connectivity index (χ2n) is 5.70. The summed E-state index contributed by atoms with van der Waals surface area (Å²) in [5.74, 6) is 2.72. The largest absolute Gasteiger partial charge is 0.413 e. The number of rotatable bonds is 5. The van der Waals surface area contributed by atoms with Crippen LogP contribution in [-0.4, -0.2) is 14.4 Å². The van der Waals surface area contributed by atoms with Crippen molar-refractivity contribution in [1.82, 2.24) is 0 Å². The molecule has 0 bridgehead atoms. The lowest BCUT2D eigenvalue weighted by atomic mass is 10.1. The van der Waals surface area contributed by atoms with Gasteiger partial charge in [-0.15, -0.1) is 12.3 Å². The Balaban J connectivity index is 4.46. The molecule has 0 aromatic rings. The van der Waals surface area contributed by atoms with Gasteiger partial charge < -0.3 is 4.43 Å². The van der Waals surface area contributed by atoms with Crippen LogP contribution in [0, 0.1) is 12.3 Å². The predicted octanol–water partition coefficient (Wildman–Crippen LogP) is 4.20. The second kappa shape index (κ2) is 5.72. The molecule has 1 nitrogen and oxygen atoms in total. The van der Waals surface area contributed by atoms with Crippen molar-refractivity contribution < 1.29 is 4.43 Å². The molecule has 0 fully saturated rings. The van der Waals surface area contributed by atoms with Gasteiger partial charge in [-0.2, -0.15) is 0 Å². The van der Waals surface area contributed by atoms with E-state index in [1.54, 1.807) is 0 Å². The van der Waals surface area contributed by atoms with Crippen LogP contribution in [0.4, 0.5) is 0 Å². The topological polar surface area (TPSA) is 9.23 Å². The van der Waals surface area contributed by atoms with E-state index in [4.69, 9.17) is 10.8 Å². The summed E-state index contributed by atoms with van der Waals surface area (Å²) in [5, 5.41) is 0.271. The van der Waals surface area contributed by atoms with Gasteiger partial charge in [-0.3, -0.25) is 0 Å². The first-order chi connectivity index (χ1) is 6.74. The molecular formula is C13H26OSi. The fourth-order valence-corrected chi connectivity index (χ4v) is 2.64. The molecule has 0 spiro atoms. The molecule has 0 aromatic heterocycles. The molecular weight excluding hydrogens is 200 g/mol. The van der Waals surface area contributed by atoms with Crippen molar-refractivity contribution in [3.8, 4) is 12.3 Å². The zero-order valence-electron chi connectivity index (χ0n) is 11.2. The molecule has 0 heterocycles. The Morgan fingerprint density at radius 2 is 1.87 bits per heavy atom. The van der Waals surface area contributed by atoms with E-state index in [1.165, 1.54) is 0 Å². The molecule has 1 atom stereocenters. The van der Waals surface area contributed by atoms with E-state index in [2.05, 4.69) is 46.7 Å². The third-order valence-corrected chi connectivity index (χ3v) is 7.76. The molecule has 0 saturated heterocycles. The highest BCUT2D eigenvalue weighted by atomic mass is 28.4. The third-order valence-electron chi connectivity index (χ3n) is 3.22. The van der Waals surface area contributed by atoms with Crippen molar-refractivity contribution in [2.24, 2.45) is 0 Å². The van der Waals surface area contributed by atoms with E-state index in [0.717, 1.165) is 19.3 Å². The summed E-state index contributed by atoms with van der Waals surface area (Å²) in [6, 6.07) is 0. The number of hydrogen-bond acceptors (Lipinski definition) is 1. The predicted molar refractivity (Wildman–Crippen MR) is 70.4 cm³/mol. The van der Waals surface area contributed by atoms with Gasteiger partial charge >= 0.3 is 0 Å². The molecule has 0 unspecified atom stereocenters. The van der Waals surface area contributed by atoms with Gasteiger partial charge in [0, 0.05) is 6.42 Å². The van der Waals surface area contributed by atoms with E-state index >= 15 is 0 Å². The van der Waals surface area contributed by atoms with Gasteiger partial charge in [-0.25, -0.2) is 0 Å². The highest BCUT2D eigenvalue weighted by molar-refractivity contribution is 6.74. The van der Waals surface area contributed by atoms with Gasteiger partial charge in [0.15, 0.2) is 8.32 Å². The molecule has 0 rings (SSSR count). The minimum atomic E-state index is -1.64. The number of hydrogen-bond donors (Lipinski definition) is 0. The first-order valence-electron chi connectivity index (χ1n) is 5.86. The normalized spacial score (nSPS) is 14.7. The van der Waals surface area contributed by atoms with Crippen molar-refractivity contribution >= 4 is 8.32 Å². The first-order valence-corrected chi connectivity index (χ1v) is 8.76. The zero-order chi connectivity index (χ0) is 12.1. The quantitative estimate of drug-likeness (QED) is 0.504. The van der Waals surface area contributed by atoms with Crippen LogP contribution in [-0.2, 0) is 4.43 Å². The van der Waals surface area contributed by atoms with Crippen LogP contribution in [0.2, 0.25) is 18.1 Å². The summed E-state index contributed by atoms with van der Waals surface area (Å²) in [5.41, 5.74) is 0. The number of terminal acetylenes is 1. The standard InChI is InChI=1S/C13H26OSi/c1-8-10-12(11-9-2)14-15(6,7)13(3,4)5/h1,12H,9-11H2,2-7H3/t12-/m0/s1. The Hall–Kier alpha value is -0.263. The van der Waals surface area contributed by atoms with Crippen molar-refractivity contribution in [3.05, 3.63) is 0 Å². The first kappa shape index (κ1) is 14.7. The molecule has 0 saturated carbocycles. The van der Waals surface area contributed by atoms with E-state index in [1.807, 2.05) is 0 Å². The maximum atomic E-state index is 6.28. The zero-order valence-corrected chi connectivity index (χ0v) is 12.2. The summed E-state index contributed by atoms with van der Waals surface area (Å²) >= 11 is 0. The average molecular weight is 226 g/mol. The summed E-state index contributed by atoms with van der Waals surface area (Å²) < 4.78 is 6.28. The Morgan fingerprint density at radius 3 is 2.20 bits per heavy atom. The highest BCUT2D eigenvalue weighted by Gasteiger charge is 2.38. The second-order valence-corrected chi connectivity index (χ2v) is 10.5. The van der Waals surface area contributed by atoms with Crippen LogP contribution in [0.3, 0.4) is 0 Å². The third kappa shape index (κ3) is 4.86. The highest BCUT2D eigenvalue weighted by Crippen LogP contribution is 2.38. The lowest BCUT2D eigenvalue weighted by Crippen LogP contribution is -2.43. The minimum absolute atomic E-state index is 0.265. The van der Waals surface area contributed by atoms with Gasteiger partial charge in [-0.1, -0.05) is 34.1 Å². The van der Waals surface area contributed by atoms with E-state index < -0.39 is 8.32 Å². The Morgan fingerprint density at radius 1 is 1.33 bits per heavy atom. The lowest BCUT2D eigenvalue weighted by Gasteiger charge is -2.39. The fraction of sp³-hybridized carbons (Fsp3) is 0.846. The Labute approximate surface area is 96.7 Å². The molecule has 0 amide bonds. The molecule has 0 aliphatic carbocycles. The van der Waals surface area contributed by atoms with Crippen LogP contribution >= 0.6 is 0 Å². The Bertz CT molecular complexity index is 220. The molecule has 88 valence electrons. The van der Waals surface area contributed by atoms with Crippen molar-refractivity contribution in [2.75, 3.05) is 0 Å². The molecule has 0 aliphatic heterocycles. The van der Waals surface area contributed by atoms with Crippen LogP contribution in [0.15, 0.2) is 0 Å². The van der Waals surface area contributed by atoms with Gasteiger partial charge in [0.1, 0.15) is 0 Å². The lowest BCUT2D eigenvalue weighted by molar-refractivity contribution is 0.175. The Kier molecular flexibility index (Phi) is 5.62. The fourth-order valence-electron chi connectivity index (χ4n) is 1.25. The smallest absolute Gasteiger partial charge is 0.192 e. The van der Waals surface area contributed by atoms with Gasteiger partial charge in [0.2, 0.25) is 0 Å². The SMILES string of the molecule is C#CC[C@@H](CCC)O[Si](C)(C)C(C)(C)C. The molecule has 2 heteroatoms. The van der Waals surface area contributed by atoms with Crippen LogP contribution in [0.5, 0.6) is 0 Å². The van der Waals surface area contributed by atoms with Crippen molar-refractivity contribution in [2.45, 2.75) is 71.2 Å². The summed E-state index contributed by atoms with van der Waals surface area (Å²) in [4.78, 5) is 0. The van der Waals surface area contributed by atoms with Gasteiger partial charge in [0.25, 0.3) is 0 Å². The maximum Gasteiger partial charge on any atom is 0.192 e. The molecule has 0 aliphatic rings. The van der Waals surface area contributed by atoms with Crippen LogP contribution in [0.25, 0.3) is 0 Å². The average Bonchev–Trinajstić information content (AvgIpc) is 2.02. The summed E-state index contributed by atoms with van der Waals surface area (Å²) in [6.07, 6.45) is 8.61. The monoisotopic (exact) mass is 226 g/mol. The van der Waals surface area contributed by atoms with Crippen LogP contribution < -0.4 is 0 Å². The summed E-state index contributed by atoms with van der Waals surface area (Å²) in [6.45, 7) is 13.5. The molecule has 15 heavy (non-hydrogen) atoms. The summed E-state index contributed by atoms with van der Waals surface area (Å²) in [7, 11) is -1.64. The van der Waals surface area contributed by atoms with E-state index in [0.29, 0.717) is 0 Å². The minimum Gasteiger partial charge on any atom is -0.413 e. The van der Waals surface area contributed by atoms with Crippen molar-refractivity contribution in [3.63, 3.8) is 0 Å². The van der Waals surface area contributed by atoms with Gasteiger partial charge in [0.05, 0.1) is 6.10 Å². The molecule has 0 radical (unpaired) electrons. The van der Waals surface area contributed by atoms with Crippen LogP contribution in [0.1, 0.15) is 47.0 Å². The van der Waals surface area contributed by atoms with E-state index in [-0.39, 0.29) is 11.1 Å². The van der Waals surface area contributed by atoms with Gasteiger partial charge in [-0.05, 0) is 24.6 Å². The van der Waals surface area contributed by atoms with Crippen molar-refractivity contribution in [1.29, 1.82) is 0 Å². The maximum absolute atomic E-state index is 6.28. The molecule has 0 N–H and O–H groups in total. The van der Waals surface area contributed by atoms with E-state index in [9.17, 15) is 0 Å². The molecule has 0 aromatic carbocycles.